The first kappa shape index (κ1) is 11.9. The third-order valence-electron chi connectivity index (χ3n) is 4.60. The molecule has 0 spiro atoms. The topological polar surface area (TPSA) is 53.2 Å². The summed E-state index contributed by atoms with van der Waals surface area (Å²) in [6, 6.07) is 2.43. The molecule has 3 heteroatoms. The molecule has 2 aliphatic carbocycles. The number of nitrogens with zero attached hydrogens (tertiary/aromatic N) is 1. The molecular weight excluding hydrogens is 202 g/mol. The van der Waals surface area contributed by atoms with Crippen molar-refractivity contribution in [1.82, 2.24) is 0 Å². The van der Waals surface area contributed by atoms with Crippen molar-refractivity contribution in [2.45, 2.75) is 45.1 Å². The maximum Gasteiger partial charge on any atom is 0.104 e. The summed E-state index contributed by atoms with van der Waals surface area (Å²) in [6.07, 6.45) is 4.31. The number of fused-ring (bicyclic) bond motifs is 2. The summed E-state index contributed by atoms with van der Waals surface area (Å²) in [4.78, 5) is 0. The van der Waals surface area contributed by atoms with E-state index in [1.165, 1.54) is 6.42 Å². The van der Waals surface area contributed by atoms with Gasteiger partial charge in [0.25, 0.3) is 0 Å². The van der Waals surface area contributed by atoms with Crippen molar-refractivity contribution in [1.29, 1.82) is 5.26 Å². The summed E-state index contributed by atoms with van der Waals surface area (Å²) >= 11 is 0. The molecule has 2 saturated carbocycles. The molecule has 0 aromatic carbocycles. The van der Waals surface area contributed by atoms with Gasteiger partial charge >= 0.3 is 0 Å². The van der Waals surface area contributed by atoms with Crippen LogP contribution in [0, 0.1) is 28.6 Å². The van der Waals surface area contributed by atoms with Crippen LogP contribution >= 0.6 is 0 Å². The van der Waals surface area contributed by atoms with Crippen LogP contribution in [0.15, 0.2) is 0 Å². The average molecular weight is 223 g/mol. The monoisotopic (exact) mass is 223 g/mol. The second-order valence-electron chi connectivity index (χ2n) is 5.57. The molecular formula is C13H21NO2. The predicted octanol–water partition coefficient (Wildman–Crippen LogP) is 2.10. The summed E-state index contributed by atoms with van der Waals surface area (Å²) in [5.74, 6) is 1.02. The second-order valence-corrected chi connectivity index (χ2v) is 5.57. The molecule has 90 valence electrons. The zero-order valence-electron chi connectivity index (χ0n) is 10.2. The highest BCUT2D eigenvalue weighted by atomic mass is 16.5. The van der Waals surface area contributed by atoms with E-state index in [4.69, 9.17) is 4.74 Å². The second kappa shape index (κ2) is 4.01. The molecule has 0 aromatic heterocycles. The van der Waals surface area contributed by atoms with Gasteiger partial charge in [-0.1, -0.05) is 6.42 Å². The van der Waals surface area contributed by atoms with Crippen LogP contribution in [0.4, 0.5) is 0 Å². The molecule has 0 heterocycles. The Morgan fingerprint density at radius 2 is 2.31 bits per heavy atom. The van der Waals surface area contributed by atoms with Crippen molar-refractivity contribution >= 4 is 0 Å². The first-order valence-electron chi connectivity index (χ1n) is 6.27. The lowest BCUT2D eigenvalue weighted by Crippen LogP contribution is -2.51. The highest BCUT2D eigenvalue weighted by Crippen LogP contribution is 2.60. The molecule has 4 atom stereocenters. The van der Waals surface area contributed by atoms with Gasteiger partial charge in [-0.25, -0.2) is 0 Å². The summed E-state index contributed by atoms with van der Waals surface area (Å²) in [5, 5.41) is 20.1. The van der Waals surface area contributed by atoms with Gasteiger partial charge in [-0.2, -0.15) is 5.26 Å². The van der Waals surface area contributed by atoms with Crippen LogP contribution in [0.3, 0.4) is 0 Å². The van der Waals surface area contributed by atoms with Gasteiger partial charge in [0.05, 0.1) is 18.1 Å². The Morgan fingerprint density at radius 3 is 2.75 bits per heavy atom. The van der Waals surface area contributed by atoms with E-state index in [-0.39, 0.29) is 6.61 Å². The fourth-order valence-electron chi connectivity index (χ4n) is 3.68. The Balaban J connectivity index is 2.19. The molecule has 0 aromatic rings. The number of aliphatic hydroxyl groups is 1. The van der Waals surface area contributed by atoms with Crippen molar-refractivity contribution in [3.63, 3.8) is 0 Å². The summed E-state index contributed by atoms with van der Waals surface area (Å²) in [5.41, 5.74) is -1.57. The average Bonchev–Trinajstić information content (AvgIpc) is 2.86. The predicted molar refractivity (Wildman–Crippen MR) is 60.6 cm³/mol. The number of ether oxygens (including phenoxy) is 1. The fraction of sp³-hybridized carbons (Fsp3) is 0.923. The zero-order chi connectivity index (χ0) is 11.8. The van der Waals surface area contributed by atoms with E-state index in [1.54, 1.807) is 6.92 Å². The van der Waals surface area contributed by atoms with Crippen LogP contribution in [0.5, 0.6) is 0 Å². The van der Waals surface area contributed by atoms with Gasteiger partial charge < -0.3 is 9.84 Å². The highest BCUT2D eigenvalue weighted by Gasteiger charge is 2.60. The van der Waals surface area contributed by atoms with Crippen LogP contribution in [-0.4, -0.2) is 23.9 Å². The Bertz CT molecular complexity index is 308. The van der Waals surface area contributed by atoms with Crippen molar-refractivity contribution in [3.8, 4) is 6.07 Å². The number of hydrogen-bond donors (Lipinski definition) is 1. The molecule has 4 unspecified atom stereocenters. The Morgan fingerprint density at radius 1 is 1.56 bits per heavy atom. The molecule has 0 saturated heterocycles. The lowest BCUT2D eigenvalue weighted by Gasteiger charge is -2.43. The number of rotatable bonds is 4. The van der Waals surface area contributed by atoms with Crippen LogP contribution in [0.2, 0.25) is 0 Å². The molecule has 2 bridgehead atoms. The van der Waals surface area contributed by atoms with E-state index in [2.05, 4.69) is 6.07 Å². The molecule has 1 N–H and O–H groups in total. The maximum absolute atomic E-state index is 10.6. The number of nitriles is 1. The van der Waals surface area contributed by atoms with Crippen LogP contribution in [0.1, 0.15) is 39.5 Å². The first-order valence-corrected chi connectivity index (χ1v) is 6.27. The maximum atomic E-state index is 10.6. The first-order chi connectivity index (χ1) is 7.55. The molecule has 2 fully saturated rings. The van der Waals surface area contributed by atoms with Crippen molar-refractivity contribution in [2.24, 2.45) is 17.3 Å². The van der Waals surface area contributed by atoms with Crippen molar-refractivity contribution in [3.05, 3.63) is 0 Å². The Kier molecular flexibility index (Phi) is 2.98. The molecule has 16 heavy (non-hydrogen) atoms. The van der Waals surface area contributed by atoms with Crippen molar-refractivity contribution in [2.75, 3.05) is 13.2 Å². The summed E-state index contributed by atoms with van der Waals surface area (Å²) in [6.45, 7) is 4.55. The molecule has 0 radical (unpaired) electrons. The third-order valence-corrected chi connectivity index (χ3v) is 4.60. The van der Waals surface area contributed by atoms with Gasteiger partial charge in [0.1, 0.15) is 5.60 Å². The zero-order valence-corrected chi connectivity index (χ0v) is 10.2. The highest BCUT2D eigenvalue weighted by molar-refractivity contribution is 5.19. The van der Waals surface area contributed by atoms with Crippen LogP contribution < -0.4 is 0 Å². The molecule has 0 aliphatic heterocycles. The summed E-state index contributed by atoms with van der Waals surface area (Å²) in [7, 11) is 0. The quantitative estimate of drug-likeness (QED) is 0.794. The largest absolute Gasteiger partial charge is 0.386 e. The normalized spacial score (nSPS) is 40.6. The SMILES string of the molecule is CCOCC(C)(O)C1(C#N)CC2CCC1C2. The summed E-state index contributed by atoms with van der Waals surface area (Å²) < 4.78 is 5.34. The lowest BCUT2D eigenvalue weighted by molar-refractivity contribution is -0.115. The van der Waals surface area contributed by atoms with E-state index < -0.39 is 11.0 Å². The van der Waals surface area contributed by atoms with E-state index in [0.717, 1.165) is 19.3 Å². The van der Waals surface area contributed by atoms with Gasteiger partial charge in [0, 0.05) is 6.61 Å². The van der Waals surface area contributed by atoms with Crippen LogP contribution in [0.25, 0.3) is 0 Å². The van der Waals surface area contributed by atoms with Gasteiger partial charge in [-0.05, 0) is 44.9 Å². The van der Waals surface area contributed by atoms with E-state index >= 15 is 0 Å². The Labute approximate surface area is 97.4 Å². The smallest absolute Gasteiger partial charge is 0.104 e. The van der Waals surface area contributed by atoms with E-state index in [9.17, 15) is 10.4 Å². The molecule has 2 rings (SSSR count). The fourth-order valence-corrected chi connectivity index (χ4v) is 3.68. The van der Waals surface area contributed by atoms with Gasteiger partial charge in [-0.3, -0.25) is 0 Å². The minimum atomic E-state index is -1.00. The minimum Gasteiger partial charge on any atom is -0.386 e. The lowest BCUT2D eigenvalue weighted by atomic mass is 9.64. The minimum absolute atomic E-state index is 0.278. The van der Waals surface area contributed by atoms with Gasteiger partial charge in [0.15, 0.2) is 0 Å². The van der Waals surface area contributed by atoms with E-state index in [0.29, 0.717) is 18.4 Å². The number of hydrogen-bond acceptors (Lipinski definition) is 3. The van der Waals surface area contributed by atoms with Crippen molar-refractivity contribution < 1.29 is 9.84 Å². The van der Waals surface area contributed by atoms with Gasteiger partial charge in [-0.15, -0.1) is 0 Å². The van der Waals surface area contributed by atoms with Gasteiger partial charge in [0.2, 0.25) is 0 Å². The molecule has 2 aliphatic rings. The van der Waals surface area contributed by atoms with Crippen LogP contribution in [-0.2, 0) is 4.74 Å². The standard InChI is InChI=1S/C13H21NO2/c1-3-16-9-12(2,15)13(8-14)7-10-4-5-11(13)6-10/h10-11,15H,3-7,9H2,1-2H3. The van der Waals surface area contributed by atoms with E-state index in [1.807, 2.05) is 6.92 Å². The molecule has 3 nitrogen and oxygen atoms in total. The third kappa shape index (κ3) is 1.56. The molecule has 0 amide bonds. The Hall–Kier alpha value is -0.590.